The summed E-state index contributed by atoms with van der Waals surface area (Å²) in [6.45, 7) is 0.542. The fourth-order valence-corrected chi connectivity index (χ4v) is 4.82. The molecule has 0 unspecified atom stereocenters. The molecule has 1 amide bonds. The molecule has 0 bridgehead atoms. The summed E-state index contributed by atoms with van der Waals surface area (Å²) in [5.41, 5.74) is 4.02. The van der Waals surface area contributed by atoms with Crippen molar-refractivity contribution in [3.63, 3.8) is 0 Å². The van der Waals surface area contributed by atoms with Gasteiger partial charge in [-0.3, -0.25) is 4.79 Å². The molecule has 2 aliphatic rings. The molecule has 4 nitrogen and oxygen atoms in total. The number of rotatable bonds is 2. The van der Waals surface area contributed by atoms with Gasteiger partial charge in [0.15, 0.2) is 0 Å². The molecule has 0 aliphatic carbocycles. The Kier molecular flexibility index (Phi) is 5.38. The number of hydrogen-bond donors (Lipinski definition) is 2. The molecule has 3 aromatic rings. The lowest BCUT2D eigenvalue weighted by molar-refractivity contribution is 0.0700. The molecule has 3 atom stereocenters. The molecule has 5 rings (SSSR count). The van der Waals surface area contributed by atoms with Crippen LogP contribution in [0.15, 0.2) is 72.8 Å². The summed E-state index contributed by atoms with van der Waals surface area (Å²) in [7, 11) is 0. The Morgan fingerprint density at radius 1 is 1.03 bits per heavy atom. The van der Waals surface area contributed by atoms with Crippen LogP contribution in [0.5, 0.6) is 0 Å². The SMILES string of the molecule is O=C(c1cccc(F)c1)N1CC[C@@H]2[C@@H](CO)Nc3ccc(C#Cc4ccccc4)cc3[C@@H]21. The normalized spacial score (nSPS) is 21.1. The minimum Gasteiger partial charge on any atom is -0.394 e. The van der Waals surface area contributed by atoms with Gasteiger partial charge in [-0.2, -0.15) is 0 Å². The maximum Gasteiger partial charge on any atom is 0.254 e. The summed E-state index contributed by atoms with van der Waals surface area (Å²) in [4.78, 5) is 15.1. The van der Waals surface area contributed by atoms with Gasteiger partial charge in [-0.1, -0.05) is 36.1 Å². The molecule has 0 saturated carbocycles. The molecule has 3 aromatic carbocycles. The summed E-state index contributed by atoms with van der Waals surface area (Å²) in [5.74, 6) is 5.85. The van der Waals surface area contributed by atoms with E-state index in [0.29, 0.717) is 12.1 Å². The molecule has 5 heteroatoms. The Hall–Kier alpha value is -3.62. The molecule has 160 valence electrons. The number of aliphatic hydroxyl groups excluding tert-OH is 1. The Morgan fingerprint density at radius 3 is 2.62 bits per heavy atom. The zero-order chi connectivity index (χ0) is 22.1. The van der Waals surface area contributed by atoms with Crippen molar-refractivity contribution in [1.29, 1.82) is 0 Å². The first kappa shape index (κ1) is 20.3. The lowest BCUT2D eigenvalue weighted by atomic mass is 9.82. The van der Waals surface area contributed by atoms with Crippen LogP contribution in [0, 0.1) is 23.6 Å². The third kappa shape index (κ3) is 3.74. The van der Waals surface area contributed by atoms with Gasteiger partial charge in [0.25, 0.3) is 5.91 Å². The third-order valence-electron chi connectivity index (χ3n) is 6.33. The van der Waals surface area contributed by atoms with E-state index < -0.39 is 5.82 Å². The van der Waals surface area contributed by atoms with Crippen molar-refractivity contribution < 1.29 is 14.3 Å². The molecule has 0 radical (unpaired) electrons. The Labute approximate surface area is 186 Å². The quantitative estimate of drug-likeness (QED) is 0.604. The van der Waals surface area contributed by atoms with E-state index in [2.05, 4.69) is 17.2 Å². The number of nitrogens with one attached hydrogen (secondary N) is 1. The second-order valence-electron chi connectivity index (χ2n) is 8.26. The zero-order valence-electron chi connectivity index (χ0n) is 17.5. The van der Waals surface area contributed by atoms with E-state index in [1.807, 2.05) is 53.4 Å². The van der Waals surface area contributed by atoms with Gasteiger partial charge in [0.2, 0.25) is 0 Å². The maximum atomic E-state index is 13.8. The van der Waals surface area contributed by atoms with Gasteiger partial charge in [0.05, 0.1) is 18.7 Å². The van der Waals surface area contributed by atoms with Crippen LogP contribution in [0.4, 0.5) is 10.1 Å². The predicted molar refractivity (Wildman–Crippen MR) is 122 cm³/mol. The highest BCUT2D eigenvalue weighted by atomic mass is 19.1. The third-order valence-corrected chi connectivity index (χ3v) is 6.33. The van der Waals surface area contributed by atoms with E-state index in [-0.39, 0.29) is 30.5 Å². The van der Waals surface area contributed by atoms with Crippen molar-refractivity contribution in [1.82, 2.24) is 4.90 Å². The first-order valence-electron chi connectivity index (χ1n) is 10.8. The van der Waals surface area contributed by atoms with E-state index in [9.17, 15) is 14.3 Å². The Morgan fingerprint density at radius 2 is 1.84 bits per heavy atom. The lowest BCUT2D eigenvalue weighted by Crippen LogP contribution is -2.42. The number of hydrogen-bond acceptors (Lipinski definition) is 3. The highest BCUT2D eigenvalue weighted by Crippen LogP contribution is 2.47. The number of likely N-dealkylation sites (tertiary alicyclic amines) is 1. The lowest BCUT2D eigenvalue weighted by Gasteiger charge is -2.39. The fraction of sp³-hybridized carbons (Fsp3) is 0.222. The minimum atomic E-state index is -0.427. The fourth-order valence-electron chi connectivity index (χ4n) is 4.82. The Bertz CT molecular complexity index is 1220. The van der Waals surface area contributed by atoms with Crippen molar-refractivity contribution in [3.8, 4) is 11.8 Å². The van der Waals surface area contributed by atoms with Gasteiger partial charge >= 0.3 is 0 Å². The second kappa shape index (κ2) is 8.49. The van der Waals surface area contributed by atoms with Crippen molar-refractivity contribution in [2.75, 3.05) is 18.5 Å². The summed E-state index contributed by atoms with van der Waals surface area (Å²) >= 11 is 0. The van der Waals surface area contributed by atoms with Crippen LogP contribution < -0.4 is 5.32 Å². The summed E-state index contributed by atoms with van der Waals surface area (Å²) in [6.07, 6.45) is 0.767. The highest BCUT2D eigenvalue weighted by Gasteiger charge is 2.45. The van der Waals surface area contributed by atoms with Crippen molar-refractivity contribution in [3.05, 3.63) is 101 Å². The van der Waals surface area contributed by atoms with Crippen molar-refractivity contribution >= 4 is 11.6 Å². The standard InChI is InChI=1S/C27H23FN2O2/c28-21-8-4-7-20(16-21)27(32)30-14-13-22-25(17-31)29-24-12-11-19(15-23(24)26(22)30)10-9-18-5-2-1-3-6-18/h1-8,11-12,15-16,22,25-26,29,31H,13-14,17H2/t22-,25-,26-/m1/s1. The molecule has 2 N–H and O–H groups in total. The number of aliphatic hydroxyl groups is 1. The number of anilines is 1. The summed E-state index contributed by atoms with van der Waals surface area (Å²) in [5, 5.41) is 13.4. The van der Waals surface area contributed by atoms with E-state index in [0.717, 1.165) is 28.8 Å². The average molecular weight is 426 g/mol. The minimum absolute atomic E-state index is 0.0157. The molecular formula is C27H23FN2O2. The van der Waals surface area contributed by atoms with Crippen LogP contribution in [0.25, 0.3) is 0 Å². The first-order valence-corrected chi connectivity index (χ1v) is 10.8. The molecular weight excluding hydrogens is 403 g/mol. The molecule has 0 aromatic heterocycles. The van der Waals surface area contributed by atoms with E-state index in [1.165, 1.54) is 12.1 Å². The van der Waals surface area contributed by atoms with Gasteiger partial charge in [-0.25, -0.2) is 4.39 Å². The molecule has 0 spiro atoms. The van der Waals surface area contributed by atoms with Gasteiger partial charge in [0, 0.05) is 34.8 Å². The predicted octanol–water partition coefficient (Wildman–Crippen LogP) is 4.22. The molecule has 32 heavy (non-hydrogen) atoms. The van der Waals surface area contributed by atoms with Crippen LogP contribution in [-0.2, 0) is 0 Å². The largest absolute Gasteiger partial charge is 0.394 e. The highest BCUT2D eigenvalue weighted by molar-refractivity contribution is 5.95. The van der Waals surface area contributed by atoms with Crippen LogP contribution in [0.1, 0.15) is 39.5 Å². The second-order valence-corrected chi connectivity index (χ2v) is 8.26. The topological polar surface area (TPSA) is 52.6 Å². The van der Waals surface area contributed by atoms with Crippen LogP contribution in [0.3, 0.4) is 0 Å². The Balaban J connectivity index is 1.52. The number of amides is 1. The number of carbonyl (C=O) groups is 1. The van der Waals surface area contributed by atoms with Crippen LogP contribution in [0.2, 0.25) is 0 Å². The van der Waals surface area contributed by atoms with Crippen LogP contribution in [-0.4, -0.2) is 35.1 Å². The number of carbonyl (C=O) groups excluding carboxylic acids is 1. The monoisotopic (exact) mass is 426 g/mol. The number of halogens is 1. The summed E-state index contributed by atoms with van der Waals surface area (Å²) in [6, 6.07) is 21.2. The van der Waals surface area contributed by atoms with Crippen molar-refractivity contribution in [2.24, 2.45) is 5.92 Å². The molecule has 1 saturated heterocycles. The average Bonchev–Trinajstić information content (AvgIpc) is 3.28. The number of benzene rings is 3. The summed E-state index contributed by atoms with van der Waals surface area (Å²) < 4.78 is 13.8. The van der Waals surface area contributed by atoms with E-state index >= 15 is 0 Å². The molecule has 1 fully saturated rings. The zero-order valence-corrected chi connectivity index (χ0v) is 17.5. The van der Waals surface area contributed by atoms with Gasteiger partial charge in [-0.05, 0) is 60.5 Å². The number of fused-ring (bicyclic) bond motifs is 3. The van der Waals surface area contributed by atoms with E-state index in [4.69, 9.17) is 0 Å². The van der Waals surface area contributed by atoms with Gasteiger partial charge in [0.1, 0.15) is 5.82 Å². The van der Waals surface area contributed by atoms with E-state index in [1.54, 1.807) is 12.1 Å². The first-order chi connectivity index (χ1) is 15.6. The molecule has 2 heterocycles. The number of nitrogens with zero attached hydrogens (tertiary/aromatic N) is 1. The van der Waals surface area contributed by atoms with Crippen LogP contribution >= 0.6 is 0 Å². The maximum absolute atomic E-state index is 13.8. The smallest absolute Gasteiger partial charge is 0.254 e. The van der Waals surface area contributed by atoms with Gasteiger partial charge in [-0.15, -0.1) is 0 Å². The molecule has 2 aliphatic heterocycles. The van der Waals surface area contributed by atoms with Gasteiger partial charge < -0.3 is 15.3 Å². The van der Waals surface area contributed by atoms with Crippen molar-refractivity contribution in [2.45, 2.75) is 18.5 Å².